The van der Waals surface area contributed by atoms with Crippen LogP contribution in [0.3, 0.4) is 0 Å². The Morgan fingerprint density at radius 3 is 2.88 bits per heavy atom. The molecule has 1 N–H and O–H groups in total. The van der Waals surface area contributed by atoms with E-state index < -0.39 is 0 Å². The molecule has 1 heterocycles. The van der Waals surface area contributed by atoms with E-state index in [-0.39, 0.29) is 0 Å². The average molecular weight is 259 g/mol. The van der Waals surface area contributed by atoms with Crippen molar-refractivity contribution in [3.63, 3.8) is 0 Å². The second-order valence-corrected chi connectivity index (χ2v) is 5.59. The highest BCUT2D eigenvalue weighted by Gasteiger charge is 2.06. The van der Waals surface area contributed by atoms with Gasteiger partial charge in [-0.25, -0.2) is 4.98 Å². The predicted octanol–water partition coefficient (Wildman–Crippen LogP) is 3.53. The first-order valence-electron chi connectivity index (χ1n) is 5.51. The monoisotopic (exact) mass is 258 g/mol. The maximum atomic E-state index is 5.85. The van der Waals surface area contributed by atoms with Crippen LogP contribution in [0.1, 0.15) is 31.9 Å². The summed E-state index contributed by atoms with van der Waals surface area (Å²) in [4.78, 5) is 3.98. The minimum atomic E-state index is 0.328. The highest BCUT2D eigenvalue weighted by molar-refractivity contribution is 7.99. The van der Waals surface area contributed by atoms with Gasteiger partial charge in [-0.05, 0) is 43.8 Å². The molecular weight excluding hydrogens is 240 g/mol. The van der Waals surface area contributed by atoms with Gasteiger partial charge in [-0.3, -0.25) is 0 Å². The van der Waals surface area contributed by atoms with E-state index in [1.54, 1.807) is 6.20 Å². The van der Waals surface area contributed by atoms with Gasteiger partial charge in [0.1, 0.15) is 5.15 Å². The molecule has 0 amide bonds. The number of thioether (sulfide) groups is 1. The number of rotatable bonds is 6. The number of hydrogen-bond donors (Lipinski definition) is 1. The lowest BCUT2D eigenvalue weighted by Gasteiger charge is -2.15. The first-order valence-corrected chi connectivity index (χ1v) is 7.17. The zero-order valence-electron chi connectivity index (χ0n) is 10.0. The molecule has 1 aromatic rings. The SMILES string of the molecule is CSC(C)CCNC(C)c1ccnc(Cl)c1. The molecule has 0 radical (unpaired) electrons. The summed E-state index contributed by atoms with van der Waals surface area (Å²) in [5.74, 6) is 0. The molecule has 90 valence electrons. The molecule has 4 heteroatoms. The van der Waals surface area contributed by atoms with Crippen molar-refractivity contribution in [3.8, 4) is 0 Å². The van der Waals surface area contributed by atoms with Crippen LogP contribution in [-0.4, -0.2) is 23.0 Å². The zero-order chi connectivity index (χ0) is 12.0. The van der Waals surface area contributed by atoms with Gasteiger partial charge in [0.15, 0.2) is 0 Å². The fourth-order valence-corrected chi connectivity index (χ4v) is 1.96. The molecule has 0 aliphatic heterocycles. The van der Waals surface area contributed by atoms with Gasteiger partial charge >= 0.3 is 0 Å². The topological polar surface area (TPSA) is 24.9 Å². The minimum absolute atomic E-state index is 0.328. The lowest BCUT2D eigenvalue weighted by atomic mass is 10.1. The van der Waals surface area contributed by atoms with Crippen molar-refractivity contribution in [3.05, 3.63) is 29.0 Å². The summed E-state index contributed by atoms with van der Waals surface area (Å²) in [7, 11) is 0. The van der Waals surface area contributed by atoms with Crippen LogP contribution in [0.2, 0.25) is 5.15 Å². The number of nitrogens with zero attached hydrogens (tertiary/aromatic N) is 1. The van der Waals surface area contributed by atoms with Gasteiger partial charge < -0.3 is 5.32 Å². The van der Waals surface area contributed by atoms with E-state index in [4.69, 9.17) is 11.6 Å². The molecule has 1 rings (SSSR count). The third kappa shape index (κ3) is 4.73. The zero-order valence-corrected chi connectivity index (χ0v) is 11.6. The van der Waals surface area contributed by atoms with Crippen LogP contribution in [0.15, 0.2) is 18.3 Å². The normalized spacial score (nSPS) is 14.8. The summed E-state index contributed by atoms with van der Waals surface area (Å²) in [6.45, 7) is 5.43. The number of pyridine rings is 1. The van der Waals surface area contributed by atoms with Crippen LogP contribution in [0.4, 0.5) is 0 Å². The number of halogens is 1. The highest BCUT2D eigenvalue weighted by atomic mass is 35.5. The van der Waals surface area contributed by atoms with Crippen molar-refractivity contribution in [2.75, 3.05) is 12.8 Å². The van der Waals surface area contributed by atoms with E-state index >= 15 is 0 Å². The molecule has 0 saturated heterocycles. The maximum absolute atomic E-state index is 5.85. The number of nitrogens with one attached hydrogen (secondary N) is 1. The first kappa shape index (κ1) is 13.8. The van der Waals surface area contributed by atoms with Gasteiger partial charge in [-0.15, -0.1) is 0 Å². The van der Waals surface area contributed by atoms with Crippen LogP contribution in [0, 0.1) is 0 Å². The Morgan fingerprint density at radius 2 is 2.25 bits per heavy atom. The summed E-state index contributed by atoms with van der Waals surface area (Å²) in [6.07, 6.45) is 5.08. The fourth-order valence-electron chi connectivity index (χ4n) is 1.43. The van der Waals surface area contributed by atoms with Gasteiger partial charge in [-0.1, -0.05) is 18.5 Å². The second-order valence-electron chi connectivity index (χ2n) is 3.92. The minimum Gasteiger partial charge on any atom is -0.310 e. The summed E-state index contributed by atoms with van der Waals surface area (Å²) < 4.78 is 0. The van der Waals surface area contributed by atoms with Gasteiger partial charge in [0.25, 0.3) is 0 Å². The standard InChI is InChI=1S/C12H19ClN2S/c1-9(16-3)4-6-14-10(2)11-5-7-15-12(13)8-11/h5,7-10,14H,4,6H2,1-3H3. The Morgan fingerprint density at radius 1 is 1.50 bits per heavy atom. The molecule has 0 aromatic carbocycles. The van der Waals surface area contributed by atoms with Gasteiger partial charge in [0, 0.05) is 17.5 Å². The van der Waals surface area contributed by atoms with Crippen molar-refractivity contribution < 1.29 is 0 Å². The number of hydrogen-bond acceptors (Lipinski definition) is 3. The van der Waals surface area contributed by atoms with Crippen LogP contribution in [-0.2, 0) is 0 Å². The van der Waals surface area contributed by atoms with Crippen molar-refractivity contribution in [2.45, 2.75) is 31.6 Å². The van der Waals surface area contributed by atoms with Crippen LogP contribution in [0.5, 0.6) is 0 Å². The Labute approximate surface area is 107 Å². The molecule has 2 nitrogen and oxygen atoms in total. The summed E-state index contributed by atoms with van der Waals surface area (Å²) in [6, 6.07) is 4.24. The first-order chi connectivity index (χ1) is 7.63. The average Bonchev–Trinajstić information content (AvgIpc) is 2.28. The van der Waals surface area contributed by atoms with E-state index in [1.165, 1.54) is 12.0 Å². The van der Waals surface area contributed by atoms with E-state index in [0.717, 1.165) is 6.54 Å². The van der Waals surface area contributed by atoms with E-state index in [2.05, 4.69) is 30.4 Å². The Kier molecular flexibility index (Phi) is 6.17. The van der Waals surface area contributed by atoms with Crippen molar-refractivity contribution in [1.82, 2.24) is 10.3 Å². The van der Waals surface area contributed by atoms with Crippen molar-refractivity contribution >= 4 is 23.4 Å². The Hall–Kier alpha value is -0.250. The third-order valence-corrected chi connectivity index (χ3v) is 3.90. The molecule has 2 unspecified atom stereocenters. The number of aromatic nitrogens is 1. The van der Waals surface area contributed by atoms with E-state index in [0.29, 0.717) is 16.4 Å². The highest BCUT2D eigenvalue weighted by Crippen LogP contribution is 2.15. The molecule has 0 saturated carbocycles. The van der Waals surface area contributed by atoms with Gasteiger partial charge in [0.2, 0.25) is 0 Å². The van der Waals surface area contributed by atoms with Gasteiger partial charge in [-0.2, -0.15) is 11.8 Å². The van der Waals surface area contributed by atoms with Crippen LogP contribution in [0.25, 0.3) is 0 Å². The smallest absolute Gasteiger partial charge is 0.129 e. The molecule has 16 heavy (non-hydrogen) atoms. The van der Waals surface area contributed by atoms with Gasteiger partial charge in [0.05, 0.1) is 0 Å². The quantitative estimate of drug-likeness (QED) is 0.791. The summed E-state index contributed by atoms with van der Waals surface area (Å²) in [5, 5.41) is 4.76. The molecule has 0 aliphatic rings. The van der Waals surface area contributed by atoms with E-state index in [9.17, 15) is 0 Å². The summed E-state index contributed by atoms with van der Waals surface area (Å²) >= 11 is 7.76. The molecule has 2 atom stereocenters. The Balaban J connectivity index is 2.38. The van der Waals surface area contributed by atoms with E-state index in [1.807, 2.05) is 23.9 Å². The van der Waals surface area contributed by atoms with Crippen LogP contribution < -0.4 is 5.32 Å². The van der Waals surface area contributed by atoms with Crippen LogP contribution >= 0.6 is 23.4 Å². The summed E-state index contributed by atoms with van der Waals surface area (Å²) in [5.41, 5.74) is 1.19. The lowest BCUT2D eigenvalue weighted by Crippen LogP contribution is -2.21. The van der Waals surface area contributed by atoms with Crippen molar-refractivity contribution in [2.24, 2.45) is 0 Å². The van der Waals surface area contributed by atoms with Crippen molar-refractivity contribution in [1.29, 1.82) is 0 Å². The second kappa shape index (κ2) is 7.15. The molecule has 1 aromatic heterocycles. The predicted molar refractivity (Wildman–Crippen MR) is 73.3 cm³/mol. The maximum Gasteiger partial charge on any atom is 0.129 e. The largest absolute Gasteiger partial charge is 0.310 e. The fraction of sp³-hybridized carbons (Fsp3) is 0.583. The third-order valence-electron chi connectivity index (χ3n) is 2.65. The lowest BCUT2D eigenvalue weighted by molar-refractivity contribution is 0.557. The molecule has 0 fully saturated rings. The molecule has 0 bridgehead atoms. The molecule has 0 spiro atoms. The molecular formula is C12H19ClN2S. The Bertz CT molecular complexity index is 320. The molecule has 0 aliphatic carbocycles.